The molecule has 0 spiro atoms. The van der Waals surface area contributed by atoms with Crippen LogP contribution in [0.1, 0.15) is 112 Å². The van der Waals surface area contributed by atoms with Crippen molar-refractivity contribution in [2.45, 2.75) is 114 Å². The third-order valence-corrected chi connectivity index (χ3v) is 6.46. The van der Waals surface area contributed by atoms with Gasteiger partial charge >= 0.3 is 0 Å². The summed E-state index contributed by atoms with van der Waals surface area (Å²) in [5.74, 6) is 1.42. The minimum atomic E-state index is 0.306. The molecule has 1 saturated carbocycles. The number of rotatable bonds is 6. The number of aryl methyl sites for hydroxylation is 2. The molecule has 0 bridgehead atoms. The van der Waals surface area contributed by atoms with Crippen LogP contribution in [0.3, 0.4) is 0 Å². The van der Waals surface area contributed by atoms with Crippen LogP contribution < -0.4 is 0 Å². The van der Waals surface area contributed by atoms with E-state index in [2.05, 4.69) is 103 Å². The zero-order valence-electron chi connectivity index (χ0n) is 27.6. The summed E-state index contributed by atoms with van der Waals surface area (Å²) in [6.45, 7) is 33.6. The smallest absolute Gasteiger partial charge is 0.0458 e. The summed E-state index contributed by atoms with van der Waals surface area (Å²) in [6, 6.07) is 8.74. The number of H-pyrrole nitrogens is 1. The first-order valence-corrected chi connectivity index (χ1v) is 16.0. The van der Waals surface area contributed by atoms with Gasteiger partial charge in [-0.15, -0.1) is 19.7 Å². The van der Waals surface area contributed by atoms with Crippen molar-refractivity contribution in [3.63, 3.8) is 0 Å². The first kappa shape index (κ1) is 41.5. The summed E-state index contributed by atoms with van der Waals surface area (Å²) in [4.78, 5) is 3.61. The lowest BCUT2D eigenvalue weighted by molar-refractivity contribution is 0.372. The molecule has 3 rings (SSSR count). The highest BCUT2D eigenvalue weighted by Gasteiger charge is 2.21. The molecule has 1 atom stereocenters. The average Bonchev–Trinajstić information content (AvgIpc) is 3.32. The maximum Gasteiger partial charge on any atom is 0.0458 e. The van der Waals surface area contributed by atoms with Crippen molar-refractivity contribution in [2.75, 3.05) is 6.26 Å². The van der Waals surface area contributed by atoms with Gasteiger partial charge in [0.05, 0.1) is 0 Å². The van der Waals surface area contributed by atoms with Gasteiger partial charge < -0.3 is 4.98 Å². The number of benzene rings is 1. The SMILES string of the molecule is C=C(C(C)CCc1c(CC)[nH]c2ccccc12)C1CCCCC1.C=CC.C=CC.C=CC(C)(C)C.CC.CS. The predicted molar refractivity (Wildman–Crippen MR) is 189 cm³/mol. The number of aromatic nitrogens is 1. The molecule has 0 saturated heterocycles. The van der Waals surface area contributed by atoms with E-state index in [1.807, 2.05) is 33.8 Å². The molecule has 224 valence electrons. The fourth-order valence-electron chi connectivity index (χ4n) is 4.27. The summed E-state index contributed by atoms with van der Waals surface area (Å²) in [5.41, 5.74) is 6.06. The van der Waals surface area contributed by atoms with Crippen LogP contribution in [0.2, 0.25) is 0 Å². The van der Waals surface area contributed by atoms with E-state index in [0.29, 0.717) is 11.3 Å². The molecule has 1 aliphatic rings. The number of aromatic amines is 1. The van der Waals surface area contributed by atoms with E-state index in [1.165, 1.54) is 72.7 Å². The molecular weight excluding hydrogens is 490 g/mol. The number of thiol groups is 1. The maximum atomic E-state index is 4.48. The fraction of sp³-hybridized carbons (Fsp3) is 0.568. The minimum absolute atomic E-state index is 0.306. The highest BCUT2D eigenvalue weighted by Crippen LogP contribution is 2.34. The van der Waals surface area contributed by atoms with Crippen molar-refractivity contribution in [1.29, 1.82) is 0 Å². The average molecular weight is 556 g/mol. The lowest BCUT2D eigenvalue weighted by Gasteiger charge is -2.27. The number of fused-ring (bicyclic) bond motifs is 1. The van der Waals surface area contributed by atoms with E-state index in [-0.39, 0.29) is 0 Å². The molecular formula is C37H65NS. The van der Waals surface area contributed by atoms with Gasteiger partial charge in [-0.1, -0.05) is 116 Å². The van der Waals surface area contributed by atoms with E-state index in [9.17, 15) is 0 Å². The zero-order chi connectivity index (χ0) is 30.9. The molecule has 1 heterocycles. The lowest BCUT2D eigenvalue weighted by Crippen LogP contribution is -2.14. The van der Waals surface area contributed by atoms with Gasteiger partial charge in [-0.25, -0.2) is 0 Å². The van der Waals surface area contributed by atoms with E-state index in [1.54, 1.807) is 18.4 Å². The summed E-state index contributed by atoms with van der Waals surface area (Å²) in [7, 11) is 0. The number of nitrogens with one attached hydrogen (secondary N) is 1. The quantitative estimate of drug-likeness (QED) is 0.260. The van der Waals surface area contributed by atoms with E-state index < -0.39 is 0 Å². The van der Waals surface area contributed by atoms with Crippen LogP contribution in [-0.4, -0.2) is 11.2 Å². The largest absolute Gasteiger partial charge is 0.358 e. The number of para-hydroxylation sites is 1. The molecule has 2 heteroatoms. The molecule has 0 radical (unpaired) electrons. The Bertz CT molecular complexity index is 868. The highest BCUT2D eigenvalue weighted by molar-refractivity contribution is 7.79. The summed E-state index contributed by atoms with van der Waals surface area (Å²) in [6.07, 6.45) is 17.6. The van der Waals surface area contributed by atoms with E-state index in [4.69, 9.17) is 0 Å². The third kappa shape index (κ3) is 18.9. The van der Waals surface area contributed by atoms with Crippen molar-refractivity contribution >= 4 is 23.5 Å². The molecule has 1 N–H and O–H groups in total. The van der Waals surface area contributed by atoms with Gasteiger partial charge in [-0.2, -0.15) is 12.6 Å². The predicted octanol–water partition coefficient (Wildman–Crippen LogP) is 12.6. The minimum Gasteiger partial charge on any atom is -0.358 e. The van der Waals surface area contributed by atoms with Crippen molar-refractivity contribution in [3.8, 4) is 0 Å². The highest BCUT2D eigenvalue weighted by atomic mass is 32.1. The normalized spacial score (nSPS) is 13.0. The van der Waals surface area contributed by atoms with Crippen molar-refractivity contribution in [1.82, 2.24) is 4.98 Å². The molecule has 1 aromatic heterocycles. The van der Waals surface area contributed by atoms with Crippen LogP contribution >= 0.6 is 12.6 Å². The molecule has 0 aliphatic heterocycles. The second kappa shape index (κ2) is 26.3. The van der Waals surface area contributed by atoms with Crippen LogP contribution in [-0.2, 0) is 12.8 Å². The Hall–Kier alpha value is -1.93. The molecule has 1 aliphatic carbocycles. The molecule has 1 aromatic carbocycles. The third-order valence-electron chi connectivity index (χ3n) is 6.46. The van der Waals surface area contributed by atoms with Gasteiger partial charge in [-0.05, 0) is 81.1 Å². The number of allylic oxidation sites excluding steroid dienone is 4. The second-order valence-electron chi connectivity index (χ2n) is 10.7. The molecule has 2 aromatic rings. The van der Waals surface area contributed by atoms with Gasteiger partial charge in [0.1, 0.15) is 0 Å². The van der Waals surface area contributed by atoms with Crippen LogP contribution in [0.5, 0.6) is 0 Å². The first-order valence-electron chi connectivity index (χ1n) is 15.1. The Morgan fingerprint density at radius 2 is 1.46 bits per heavy atom. The Balaban J connectivity index is -0.000000677. The number of hydrogen-bond donors (Lipinski definition) is 2. The zero-order valence-corrected chi connectivity index (χ0v) is 28.5. The van der Waals surface area contributed by atoms with Crippen LogP contribution in [0.25, 0.3) is 10.9 Å². The summed E-state index contributed by atoms with van der Waals surface area (Å²) >= 11 is 3.53. The molecule has 1 unspecified atom stereocenters. The van der Waals surface area contributed by atoms with Crippen LogP contribution in [0.4, 0.5) is 0 Å². The summed E-state index contributed by atoms with van der Waals surface area (Å²) in [5, 5.41) is 1.42. The lowest BCUT2D eigenvalue weighted by atomic mass is 9.78. The fourth-order valence-corrected chi connectivity index (χ4v) is 4.27. The van der Waals surface area contributed by atoms with Gasteiger partial charge in [0, 0.05) is 16.6 Å². The van der Waals surface area contributed by atoms with Crippen molar-refractivity contribution in [3.05, 3.63) is 85.6 Å². The monoisotopic (exact) mass is 555 g/mol. The standard InChI is InChI=1S/C22H31N.C6H12.2C3H6.C2H6.CH4S/c1-4-21-20(19-12-8-9-13-22(19)23-21)15-14-16(2)17(3)18-10-6-5-7-11-18;1-5-6(2,3)4;2*1-3-2;2*1-2/h8-9,12-13,16,18,23H,3-7,10-11,14-15H2,1-2H3;5H,1H2,2-4H3;2*3H,1H2,2H3;1-2H3;2H,1H3. The van der Waals surface area contributed by atoms with Crippen molar-refractivity contribution < 1.29 is 0 Å². The van der Waals surface area contributed by atoms with Crippen LogP contribution in [0, 0.1) is 17.3 Å². The number of hydrogen-bond acceptors (Lipinski definition) is 1. The van der Waals surface area contributed by atoms with Crippen LogP contribution in [0.15, 0.2) is 74.4 Å². The molecule has 1 nitrogen and oxygen atoms in total. The Morgan fingerprint density at radius 1 is 1.00 bits per heavy atom. The molecule has 39 heavy (non-hydrogen) atoms. The Kier molecular flexibility index (Phi) is 28.0. The molecule has 1 fully saturated rings. The second-order valence-corrected chi connectivity index (χ2v) is 10.7. The van der Waals surface area contributed by atoms with Gasteiger partial charge in [0.25, 0.3) is 0 Å². The van der Waals surface area contributed by atoms with E-state index in [0.717, 1.165) is 12.3 Å². The van der Waals surface area contributed by atoms with E-state index >= 15 is 0 Å². The van der Waals surface area contributed by atoms with Gasteiger partial charge in [0.2, 0.25) is 0 Å². The Labute approximate surface area is 250 Å². The van der Waals surface area contributed by atoms with Gasteiger partial charge in [-0.3, -0.25) is 0 Å². The topological polar surface area (TPSA) is 15.8 Å². The molecule has 0 amide bonds. The van der Waals surface area contributed by atoms with Crippen molar-refractivity contribution in [2.24, 2.45) is 17.3 Å². The first-order chi connectivity index (χ1) is 18.6. The maximum absolute atomic E-state index is 4.48. The Morgan fingerprint density at radius 3 is 1.90 bits per heavy atom. The summed E-state index contributed by atoms with van der Waals surface area (Å²) < 4.78 is 0. The van der Waals surface area contributed by atoms with Gasteiger partial charge in [0.15, 0.2) is 0 Å².